The number of amides is 1. The molecule has 4 aromatic rings. The molecule has 0 bridgehead atoms. The third kappa shape index (κ3) is 4.49. The van der Waals surface area contributed by atoms with Crippen molar-refractivity contribution in [2.75, 3.05) is 0 Å². The lowest BCUT2D eigenvalue weighted by molar-refractivity contribution is -0.384. The van der Waals surface area contributed by atoms with E-state index in [1.165, 1.54) is 17.8 Å². The van der Waals surface area contributed by atoms with E-state index < -0.39 is 4.92 Å². The summed E-state index contributed by atoms with van der Waals surface area (Å²) in [5.74, 6) is -0.189. The van der Waals surface area contributed by atoms with E-state index in [0.29, 0.717) is 16.6 Å². The highest BCUT2D eigenvalue weighted by Gasteiger charge is 2.24. The summed E-state index contributed by atoms with van der Waals surface area (Å²) >= 11 is 1.31. The number of hydrogen-bond acceptors (Lipinski definition) is 5. The number of nitro groups is 1. The molecule has 1 fully saturated rings. The maximum Gasteiger partial charge on any atom is 0.269 e. The van der Waals surface area contributed by atoms with Gasteiger partial charge in [-0.05, 0) is 48.5 Å². The fourth-order valence-corrected chi connectivity index (χ4v) is 4.68. The number of hydrogen-bond donors (Lipinski definition) is 1. The molecule has 7 nitrogen and oxygen atoms in total. The topological polar surface area (TPSA) is 89.5 Å². The van der Waals surface area contributed by atoms with Gasteiger partial charge in [-0.15, -0.1) is 0 Å². The number of benzene rings is 3. The van der Waals surface area contributed by atoms with Gasteiger partial charge in [-0.2, -0.15) is 0 Å². The van der Waals surface area contributed by atoms with Crippen molar-refractivity contribution in [3.8, 4) is 0 Å². The molecule has 1 amide bonds. The standard InChI is InChI=1S/C26H20N4O3S/c1-17-9-11-20(12-10-17)27-26-28-25(31)24(34-26)14-19-16-29(23-8-3-2-7-22(19)23)15-18-5-4-6-21(13-18)30(32)33/h2-14,16H,15H2,1H3,(H,27,28,31)/b24-14+. The van der Waals surface area contributed by atoms with Crippen molar-refractivity contribution in [2.45, 2.75) is 13.5 Å². The molecule has 34 heavy (non-hydrogen) atoms. The summed E-state index contributed by atoms with van der Waals surface area (Å²) in [7, 11) is 0. The van der Waals surface area contributed by atoms with Crippen molar-refractivity contribution in [1.82, 2.24) is 9.88 Å². The molecule has 0 aliphatic carbocycles. The van der Waals surface area contributed by atoms with Crippen molar-refractivity contribution >= 4 is 51.2 Å². The molecular weight excluding hydrogens is 448 g/mol. The van der Waals surface area contributed by atoms with E-state index in [1.54, 1.807) is 12.1 Å². The first-order valence-electron chi connectivity index (χ1n) is 10.6. The average Bonchev–Trinajstić information content (AvgIpc) is 3.35. The van der Waals surface area contributed by atoms with Crippen LogP contribution in [0.15, 0.2) is 88.9 Å². The first kappa shape index (κ1) is 21.7. The molecule has 0 spiro atoms. The molecule has 0 unspecified atom stereocenters. The van der Waals surface area contributed by atoms with Crippen LogP contribution in [-0.4, -0.2) is 20.6 Å². The van der Waals surface area contributed by atoms with Crippen LogP contribution in [-0.2, 0) is 11.3 Å². The number of aliphatic imine (C=N–C) groups is 1. The first-order valence-corrected chi connectivity index (χ1v) is 11.5. The first-order chi connectivity index (χ1) is 16.5. The Bertz CT molecular complexity index is 1490. The summed E-state index contributed by atoms with van der Waals surface area (Å²) in [6.45, 7) is 2.49. The number of nitrogens with zero attached hydrogens (tertiary/aromatic N) is 3. The quantitative estimate of drug-likeness (QED) is 0.228. The average molecular weight is 469 g/mol. The highest BCUT2D eigenvalue weighted by atomic mass is 32.2. The maximum absolute atomic E-state index is 12.6. The number of carbonyl (C=O) groups is 1. The van der Waals surface area contributed by atoms with Crippen LogP contribution in [0.4, 0.5) is 11.4 Å². The minimum atomic E-state index is -0.390. The third-order valence-corrected chi connectivity index (χ3v) is 6.41. The Morgan fingerprint density at radius 1 is 1.09 bits per heavy atom. The molecule has 3 aromatic carbocycles. The maximum atomic E-state index is 12.6. The van der Waals surface area contributed by atoms with Crippen molar-refractivity contribution in [3.05, 3.63) is 111 Å². The van der Waals surface area contributed by atoms with Crippen molar-refractivity contribution in [2.24, 2.45) is 4.99 Å². The van der Waals surface area contributed by atoms with Crippen LogP contribution < -0.4 is 5.32 Å². The van der Waals surface area contributed by atoms with Gasteiger partial charge in [0.2, 0.25) is 0 Å². The smallest absolute Gasteiger partial charge is 0.269 e. The number of rotatable bonds is 5. The van der Waals surface area contributed by atoms with Gasteiger partial charge in [0.05, 0.1) is 15.5 Å². The van der Waals surface area contributed by atoms with Gasteiger partial charge in [0, 0.05) is 41.3 Å². The number of amidine groups is 1. The van der Waals surface area contributed by atoms with Gasteiger partial charge < -0.3 is 9.88 Å². The predicted molar refractivity (Wildman–Crippen MR) is 136 cm³/mol. The van der Waals surface area contributed by atoms with Gasteiger partial charge in [0.25, 0.3) is 11.6 Å². The summed E-state index contributed by atoms with van der Waals surface area (Å²) in [5, 5.41) is 15.5. The number of non-ortho nitro benzene ring substituents is 1. The Balaban J connectivity index is 1.46. The fourth-order valence-electron chi connectivity index (χ4n) is 3.84. The zero-order valence-corrected chi connectivity index (χ0v) is 19.1. The monoisotopic (exact) mass is 468 g/mol. The van der Waals surface area contributed by atoms with Crippen molar-refractivity contribution < 1.29 is 9.72 Å². The summed E-state index contributed by atoms with van der Waals surface area (Å²) in [6, 6.07) is 22.3. The van der Waals surface area contributed by atoms with Crippen LogP contribution in [0.2, 0.25) is 0 Å². The summed E-state index contributed by atoms with van der Waals surface area (Å²) in [6.07, 6.45) is 3.84. The molecule has 5 rings (SSSR count). The van der Waals surface area contributed by atoms with E-state index in [2.05, 4.69) is 10.3 Å². The van der Waals surface area contributed by atoms with Crippen LogP contribution in [0.5, 0.6) is 0 Å². The van der Waals surface area contributed by atoms with Gasteiger partial charge in [-0.25, -0.2) is 4.99 Å². The molecule has 1 aliphatic heterocycles. The normalized spacial score (nSPS) is 15.9. The van der Waals surface area contributed by atoms with E-state index in [4.69, 9.17) is 0 Å². The highest BCUT2D eigenvalue weighted by molar-refractivity contribution is 8.18. The van der Waals surface area contributed by atoms with Crippen molar-refractivity contribution in [3.63, 3.8) is 0 Å². The number of aromatic nitrogens is 1. The molecule has 1 aromatic heterocycles. The number of nitrogens with one attached hydrogen (secondary N) is 1. The summed E-state index contributed by atoms with van der Waals surface area (Å²) in [5.41, 5.74) is 4.70. The fraction of sp³-hybridized carbons (Fsp3) is 0.0769. The molecule has 0 saturated carbocycles. The molecule has 8 heteroatoms. The zero-order chi connectivity index (χ0) is 23.7. The lowest BCUT2D eigenvalue weighted by atomic mass is 10.1. The van der Waals surface area contributed by atoms with E-state index in [0.717, 1.165) is 33.3 Å². The second kappa shape index (κ2) is 8.99. The van der Waals surface area contributed by atoms with Crippen LogP contribution in [0.1, 0.15) is 16.7 Å². The highest BCUT2D eigenvalue weighted by Crippen LogP contribution is 2.31. The van der Waals surface area contributed by atoms with E-state index in [9.17, 15) is 14.9 Å². The Morgan fingerprint density at radius 2 is 1.88 bits per heavy atom. The second-order valence-electron chi connectivity index (χ2n) is 7.97. The van der Waals surface area contributed by atoms with Crippen LogP contribution in [0.3, 0.4) is 0 Å². The summed E-state index contributed by atoms with van der Waals surface area (Å²) in [4.78, 5) is 28.5. The van der Waals surface area contributed by atoms with Crippen LogP contribution in [0, 0.1) is 17.0 Å². The van der Waals surface area contributed by atoms with Gasteiger partial charge in [0.1, 0.15) is 0 Å². The largest absolute Gasteiger partial charge is 0.342 e. The van der Waals surface area contributed by atoms with Crippen LogP contribution in [0.25, 0.3) is 17.0 Å². The van der Waals surface area contributed by atoms with Gasteiger partial charge >= 0.3 is 0 Å². The van der Waals surface area contributed by atoms with E-state index in [1.807, 2.05) is 78.4 Å². The van der Waals surface area contributed by atoms with Gasteiger partial charge in [-0.3, -0.25) is 14.9 Å². The van der Waals surface area contributed by atoms with Crippen LogP contribution >= 0.6 is 11.8 Å². The van der Waals surface area contributed by atoms with Gasteiger partial charge in [0.15, 0.2) is 5.17 Å². The van der Waals surface area contributed by atoms with E-state index >= 15 is 0 Å². The Morgan fingerprint density at radius 3 is 2.68 bits per heavy atom. The Labute approximate surface area is 200 Å². The number of para-hydroxylation sites is 1. The Hall–Kier alpha value is -4.17. The predicted octanol–water partition coefficient (Wildman–Crippen LogP) is 5.80. The van der Waals surface area contributed by atoms with Gasteiger partial charge in [-0.1, -0.05) is 48.0 Å². The molecule has 1 aliphatic rings. The molecule has 0 atom stereocenters. The number of nitro benzene ring substituents is 1. The molecule has 168 valence electrons. The SMILES string of the molecule is Cc1ccc(N=C2NC(=O)/C(=C\c3cn(Cc4cccc([N+](=O)[O-])c4)c4ccccc34)S2)cc1. The third-order valence-electron chi connectivity index (χ3n) is 5.50. The minimum Gasteiger partial charge on any atom is -0.342 e. The molecular formula is C26H20N4O3S. The number of carbonyl (C=O) groups excluding carboxylic acids is 1. The Kier molecular flexibility index (Phi) is 5.73. The molecule has 1 N–H and O–H groups in total. The number of thioether (sulfide) groups is 1. The lowest BCUT2D eigenvalue weighted by Crippen LogP contribution is -2.19. The molecule has 2 heterocycles. The summed E-state index contributed by atoms with van der Waals surface area (Å²) < 4.78 is 2.04. The zero-order valence-electron chi connectivity index (χ0n) is 18.3. The second-order valence-corrected chi connectivity index (χ2v) is 9.00. The van der Waals surface area contributed by atoms with Crippen molar-refractivity contribution in [1.29, 1.82) is 0 Å². The van der Waals surface area contributed by atoms with E-state index in [-0.39, 0.29) is 11.6 Å². The molecule has 0 radical (unpaired) electrons. The lowest BCUT2D eigenvalue weighted by Gasteiger charge is -2.05. The number of fused-ring (bicyclic) bond motifs is 1. The minimum absolute atomic E-state index is 0.0655. The number of aryl methyl sites for hydroxylation is 1. The molecule has 1 saturated heterocycles.